The van der Waals surface area contributed by atoms with Crippen molar-refractivity contribution in [3.8, 4) is 0 Å². The third-order valence-electron chi connectivity index (χ3n) is 4.05. The molecule has 0 bridgehead atoms. The summed E-state index contributed by atoms with van der Waals surface area (Å²) in [6.07, 6.45) is 1.60. The molecule has 0 N–H and O–H groups in total. The normalized spacial score (nSPS) is 18.8. The topological polar surface area (TPSA) is 66.9 Å². The summed E-state index contributed by atoms with van der Waals surface area (Å²) in [4.78, 5) is 14.0. The average molecular weight is 358 g/mol. The molecule has 24 heavy (non-hydrogen) atoms. The summed E-state index contributed by atoms with van der Waals surface area (Å²) in [6.45, 7) is 1.50. The van der Waals surface area contributed by atoms with Crippen LogP contribution in [0.4, 0.5) is 4.39 Å². The Hall–Kier alpha value is -1.51. The van der Waals surface area contributed by atoms with Gasteiger partial charge in [0.1, 0.15) is 5.82 Å². The molecule has 2 rings (SSSR count). The van der Waals surface area contributed by atoms with Crippen molar-refractivity contribution in [2.75, 3.05) is 39.5 Å². The first-order valence-corrected chi connectivity index (χ1v) is 9.65. The van der Waals surface area contributed by atoms with Crippen molar-refractivity contribution in [2.45, 2.75) is 18.9 Å². The maximum absolute atomic E-state index is 13.2. The molecule has 1 saturated heterocycles. The number of amides is 1. The third-order valence-corrected chi connectivity index (χ3v) is 5.37. The van der Waals surface area contributed by atoms with Gasteiger partial charge in [-0.05, 0) is 17.7 Å². The molecular weight excluding hydrogens is 335 g/mol. The number of rotatable bonds is 6. The summed E-state index contributed by atoms with van der Waals surface area (Å²) in [5, 5.41) is 0. The fourth-order valence-corrected chi connectivity index (χ4v) is 3.00. The number of sulfonamides is 1. The van der Waals surface area contributed by atoms with Gasteiger partial charge in [0.25, 0.3) is 0 Å². The van der Waals surface area contributed by atoms with Crippen LogP contribution in [-0.2, 0) is 26.0 Å². The Morgan fingerprint density at radius 2 is 2.21 bits per heavy atom. The highest BCUT2D eigenvalue weighted by molar-refractivity contribution is 7.88. The average Bonchev–Trinajstić information content (AvgIpc) is 2.51. The van der Waals surface area contributed by atoms with Crippen molar-refractivity contribution in [2.24, 2.45) is 0 Å². The maximum Gasteiger partial charge on any atom is 0.224 e. The molecule has 8 heteroatoms. The zero-order chi connectivity index (χ0) is 17.7. The number of ether oxygens (including phenoxy) is 1. The molecule has 1 amide bonds. The smallest absolute Gasteiger partial charge is 0.224 e. The van der Waals surface area contributed by atoms with E-state index < -0.39 is 10.0 Å². The van der Waals surface area contributed by atoms with Crippen molar-refractivity contribution in [3.05, 3.63) is 35.6 Å². The molecule has 1 aliphatic heterocycles. The number of benzene rings is 1. The van der Waals surface area contributed by atoms with Crippen LogP contribution in [0.1, 0.15) is 12.0 Å². The standard InChI is InChI=1S/C16H23FN2O4S/c1-18(24(2,21)22)7-6-16(20)19-8-9-23-15(12-19)11-13-4-3-5-14(17)10-13/h3-5,10,15H,6-9,11-12H2,1-2H3. The van der Waals surface area contributed by atoms with Crippen LogP contribution in [0.25, 0.3) is 0 Å². The first-order chi connectivity index (χ1) is 11.3. The fourth-order valence-electron chi connectivity index (χ4n) is 2.57. The van der Waals surface area contributed by atoms with Crippen LogP contribution in [0.3, 0.4) is 0 Å². The van der Waals surface area contributed by atoms with E-state index in [1.165, 1.54) is 19.2 Å². The lowest BCUT2D eigenvalue weighted by molar-refractivity contribution is -0.138. The van der Waals surface area contributed by atoms with Crippen molar-refractivity contribution in [1.29, 1.82) is 0 Å². The van der Waals surface area contributed by atoms with Gasteiger partial charge in [-0.2, -0.15) is 0 Å². The zero-order valence-corrected chi connectivity index (χ0v) is 14.8. The van der Waals surface area contributed by atoms with E-state index in [0.29, 0.717) is 26.1 Å². The van der Waals surface area contributed by atoms with E-state index in [9.17, 15) is 17.6 Å². The Kier molecular flexibility index (Phi) is 6.31. The van der Waals surface area contributed by atoms with Crippen molar-refractivity contribution >= 4 is 15.9 Å². The van der Waals surface area contributed by atoms with Crippen LogP contribution in [-0.4, -0.2) is 69.2 Å². The number of hydrogen-bond donors (Lipinski definition) is 0. The van der Waals surface area contributed by atoms with Crippen LogP contribution >= 0.6 is 0 Å². The Bertz CT molecular complexity index is 680. The van der Waals surface area contributed by atoms with E-state index in [-0.39, 0.29) is 30.8 Å². The van der Waals surface area contributed by atoms with Gasteiger partial charge < -0.3 is 9.64 Å². The van der Waals surface area contributed by atoms with Gasteiger partial charge in [0, 0.05) is 39.5 Å². The van der Waals surface area contributed by atoms with Gasteiger partial charge in [-0.1, -0.05) is 12.1 Å². The Labute approximate surface area is 142 Å². The number of morpholine rings is 1. The van der Waals surface area contributed by atoms with Gasteiger partial charge in [-0.25, -0.2) is 17.1 Å². The molecule has 1 aromatic rings. The van der Waals surface area contributed by atoms with Crippen LogP contribution < -0.4 is 0 Å². The summed E-state index contributed by atoms with van der Waals surface area (Å²) in [5.74, 6) is -0.391. The van der Waals surface area contributed by atoms with Gasteiger partial charge in [0.2, 0.25) is 15.9 Å². The van der Waals surface area contributed by atoms with Crippen LogP contribution in [0.5, 0.6) is 0 Å². The van der Waals surface area contributed by atoms with E-state index >= 15 is 0 Å². The Balaban J connectivity index is 1.87. The maximum atomic E-state index is 13.2. The number of halogens is 1. The van der Waals surface area contributed by atoms with Gasteiger partial charge >= 0.3 is 0 Å². The monoisotopic (exact) mass is 358 g/mol. The molecule has 1 aromatic carbocycles. The lowest BCUT2D eigenvalue weighted by Gasteiger charge is -2.33. The predicted octanol–water partition coefficient (Wildman–Crippen LogP) is 0.877. The van der Waals surface area contributed by atoms with Gasteiger partial charge in [-0.15, -0.1) is 0 Å². The first kappa shape index (κ1) is 18.8. The van der Waals surface area contributed by atoms with Gasteiger partial charge in [0.05, 0.1) is 19.0 Å². The Morgan fingerprint density at radius 1 is 1.46 bits per heavy atom. The number of hydrogen-bond acceptors (Lipinski definition) is 4. The predicted molar refractivity (Wildman–Crippen MR) is 88.5 cm³/mol. The molecule has 1 unspecified atom stereocenters. The molecule has 1 heterocycles. The number of nitrogens with zero attached hydrogens (tertiary/aromatic N) is 2. The van der Waals surface area contributed by atoms with Crippen molar-refractivity contribution in [1.82, 2.24) is 9.21 Å². The molecule has 6 nitrogen and oxygen atoms in total. The Morgan fingerprint density at radius 3 is 2.88 bits per heavy atom. The lowest BCUT2D eigenvalue weighted by atomic mass is 10.1. The minimum atomic E-state index is -3.28. The minimum absolute atomic E-state index is 0.0990. The van der Waals surface area contributed by atoms with Crippen LogP contribution in [0, 0.1) is 5.82 Å². The summed E-state index contributed by atoms with van der Waals surface area (Å²) in [5.41, 5.74) is 0.825. The first-order valence-electron chi connectivity index (χ1n) is 7.81. The second kappa shape index (κ2) is 8.04. The summed E-state index contributed by atoms with van der Waals surface area (Å²) in [7, 11) is -1.83. The van der Waals surface area contributed by atoms with Crippen molar-refractivity contribution in [3.63, 3.8) is 0 Å². The molecule has 0 spiro atoms. The SMILES string of the molecule is CN(CCC(=O)N1CCOC(Cc2cccc(F)c2)C1)S(C)(=O)=O. The third kappa shape index (κ3) is 5.54. The molecule has 134 valence electrons. The van der Waals surface area contributed by atoms with E-state index in [4.69, 9.17) is 4.74 Å². The van der Waals surface area contributed by atoms with E-state index in [2.05, 4.69) is 0 Å². The van der Waals surface area contributed by atoms with Crippen LogP contribution in [0.15, 0.2) is 24.3 Å². The zero-order valence-electron chi connectivity index (χ0n) is 13.9. The highest BCUT2D eigenvalue weighted by atomic mass is 32.2. The molecular formula is C16H23FN2O4S. The molecule has 1 fully saturated rings. The largest absolute Gasteiger partial charge is 0.374 e. The molecule has 0 saturated carbocycles. The quantitative estimate of drug-likeness (QED) is 0.757. The number of carbonyl (C=O) groups is 1. The molecule has 0 aromatic heterocycles. The second-order valence-electron chi connectivity index (χ2n) is 6.00. The van der Waals surface area contributed by atoms with Crippen molar-refractivity contribution < 1.29 is 22.3 Å². The molecule has 0 aliphatic carbocycles. The number of carbonyl (C=O) groups excluding carboxylic acids is 1. The van der Waals surface area contributed by atoms with E-state index in [1.54, 1.807) is 11.0 Å². The molecule has 0 radical (unpaired) electrons. The highest BCUT2D eigenvalue weighted by Crippen LogP contribution is 2.14. The van der Waals surface area contributed by atoms with Gasteiger partial charge in [-0.3, -0.25) is 4.79 Å². The molecule has 1 aliphatic rings. The molecule has 1 atom stereocenters. The second-order valence-corrected chi connectivity index (χ2v) is 8.09. The summed E-state index contributed by atoms with van der Waals surface area (Å²) in [6, 6.07) is 6.33. The minimum Gasteiger partial charge on any atom is -0.374 e. The summed E-state index contributed by atoms with van der Waals surface area (Å²) < 4.78 is 42.8. The van der Waals surface area contributed by atoms with Gasteiger partial charge in [0.15, 0.2) is 0 Å². The van der Waals surface area contributed by atoms with Crippen LogP contribution in [0.2, 0.25) is 0 Å². The fraction of sp³-hybridized carbons (Fsp3) is 0.562. The lowest BCUT2D eigenvalue weighted by Crippen LogP contribution is -2.47. The van der Waals surface area contributed by atoms with E-state index in [1.807, 2.05) is 6.07 Å². The van der Waals surface area contributed by atoms with E-state index in [0.717, 1.165) is 16.1 Å². The highest BCUT2D eigenvalue weighted by Gasteiger charge is 2.25. The summed E-state index contributed by atoms with van der Waals surface area (Å²) >= 11 is 0.